The maximum absolute atomic E-state index is 12.8. The van der Waals surface area contributed by atoms with E-state index in [1.165, 1.54) is 0 Å². The van der Waals surface area contributed by atoms with E-state index in [0.29, 0.717) is 23.0 Å². The number of benzene rings is 1. The average Bonchev–Trinajstić information content (AvgIpc) is 3.16. The van der Waals surface area contributed by atoms with Crippen molar-refractivity contribution in [3.63, 3.8) is 0 Å². The molecule has 1 fully saturated rings. The zero-order chi connectivity index (χ0) is 15.1. The van der Waals surface area contributed by atoms with Crippen molar-refractivity contribution < 1.29 is 8.42 Å². The number of hydrogen-bond donors (Lipinski definition) is 1. The minimum absolute atomic E-state index is 0.172. The quantitative estimate of drug-likeness (QED) is 0.850. The summed E-state index contributed by atoms with van der Waals surface area (Å²) in [4.78, 5) is 0.325. The summed E-state index contributed by atoms with van der Waals surface area (Å²) < 4.78 is 27.3. The van der Waals surface area contributed by atoms with Gasteiger partial charge in [0.05, 0.1) is 4.90 Å². The minimum Gasteiger partial charge on any atom is -0.398 e. The summed E-state index contributed by atoms with van der Waals surface area (Å²) in [7, 11) is -3.44. The molecule has 0 bridgehead atoms. The molecule has 2 rings (SSSR count). The Morgan fingerprint density at radius 2 is 1.90 bits per heavy atom. The molecule has 0 atom stereocenters. The molecule has 0 radical (unpaired) electrons. The van der Waals surface area contributed by atoms with Gasteiger partial charge in [-0.15, -0.1) is 0 Å². The summed E-state index contributed by atoms with van der Waals surface area (Å²) in [6.07, 6.45) is 1.93. The van der Waals surface area contributed by atoms with Gasteiger partial charge in [-0.1, -0.05) is 13.8 Å². The third-order valence-electron chi connectivity index (χ3n) is 3.79. The van der Waals surface area contributed by atoms with Crippen molar-refractivity contribution in [1.29, 1.82) is 0 Å². The molecule has 1 aromatic rings. The normalized spacial score (nSPS) is 16.1. The molecule has 0 spiro atoms. The van der Waals surface area contributed by atoms with Crippen molar-refractivity contribution in [1.82, 2.24) is 4.31 Å². The Labute approximate surface area is 122 Å². The van der Waals surface area contributed by atoms with Crippen molar-refractivity contribution in [3.8, 4) is 0 Å². The van der Waals surface area contributed by atoms with E-state index in [1.807, 2.05) is 27.7 Å². The number of nitrogens with two attached hydrogens (primary N) is 1. The van der Waals surface area contributed by atoms with Crippen LogP contribution in [0, 0.1) is 19.8 Å². The predicted octanol–water partition coefficient (Wildman–Crippen LogP) is 2.69. The number of sulfonamides is 1. The average molecular weight is 296 g/mol. The van der Waals surface area contributed by atoms with Gasteiger partial charge in [0.2, 0.25) is 10.0 Å². The smallest absolute Gasteiger partial charge is 0.243 e. The summed E-state index contributed by atoms with van der Waals surface area (Å²) in [6.45, 7) is 8.46. The molecule has 1 aromatic carbocycles. The third-order valence-corrected chi connectivity index (χ3v) is 5.68. The van der Waals surface area contributed by atoms with Crippen LogP contribution >= 0.6 is 0 Å². The number of hydrogen-bond acceptors (Lipinski definition) is 3. The predicted molar refractivity (Wildman–Crippen MR) is 82.1 cm³/mol. The van der Waals surface area contributed by atoms with E-state index in [2.05, 4.69) is 0 Å². The lowest BCUT2D eigenvalue weighted by Crippen LogP contribution is -2.36. The fourth-order valence-electron chi connectivity index (χ4n) is 2.30. The van der Waals surface area contributed by atoms with Crippen LogP contribution in [0.1, 0.15) is 37.8 Å². The highest BCUT2D eigenvalue weighted by atomic mass is 32.2. The van der Waals surface area contributed by atoms with Crippen molar-refractivity contribution in [2.24, 2.45) is 5.92 Å². The number of nitrogens with zero attached hydrogens (tertiary/aromatic N) is 1. The summed E-state index contributed by atoms with van der Waals surface area (Å²) in [5.74, 6) is 0.314. The Bertz CT molecular complexity index is 581. The summed E-state index contributed by atoms with van der Waals surface area (Å²) in [5.41, 5.74) is 8.34. The van der Waals surface area contributed by atoms with E-state index >= 15 is 0 Å². The van der Waals surface area contributed by atoms with Gasteiger partial charge in [-0.2, -0.15) is 4.31 Å². The van der Waals surface area contributed by atoms with Crippen LogP contribution in [0.25, 0.3) is 0 Å². The molecular formula is C15H24N2O2S. The van der Waals surface area contributed by atoms with Crippen LogP contribution in [-0.2, 0) is 10.0 Å². The molecule has 0 amide bonds. The van der Waals surface area contributed by atoms with Crippen molar-refractivity contribution >= 4 is 15.7 Å². The Balaban J connectivity index is 2.42. The summed E-state index contributed by atoms with van der Waals surface area (Å²) >= 11 is 0. The molecule has 4 nitrogen and oxygen atoms in total. The Morgan fingerprint density at radius 1 is 1.30 bits per heavy atom. The van der Waals surface area contributed by atoms with E-state index in [0.717, 1.165) is 24.0 Å². The molecule has 1 saturated carbocycles. The van der Waals surface area contributed by atoms with Gasteiger partial charge in [0, 0.05) is 18.3 Å². The lowest BCUT2D eigenvalue weighted by molar-refractivity contribution is 0.360. The van der Waals surface area contributed by atoms with Gasteiger partial charge in [0.15, 0.2) is 0 Å². The van der Waals surface area contributed by atoms with Crippen LogP contribution in [-0.4, -0.2) is 25.3 Å². The fourth-order valence-corrected chi connectivity index (χ4v) is 4.27. The second-order valence-corrected chi connectivity index (χ2v) is 8.04. The van der Waals surface area contributed by atoms with E-state index in [9.17, 15) is 8.42 Å². The van der Waals surface area contributed by atoms with Crippen LogP contribution in [0.2, 0.25) is 0 Å². The molecule has 0 unspecified atom stereocenters. The highest BCUT2D eigenvalue weighted by molar-refractivity contribution is 7.89. The van der Waals surface area contributed by atoms with Crippen LogP contribution in [0.5, 0.6) is 0 Å². The van der Waals surface area contributed by atoms with Gasteiger partial charge in [-0.05, 0) is 55.9 Å². The lowest BCUT2D eigenvalue weighted by atomic mass is 10.1. The number of anilines is 1. The maximum atomic E-state index is 12.8. The molecule has 1 aliphatic carbocycles. The molecule has 0 aromatic heterocycles. The molecule has 20 heavy (non-hydrogen) atoms. The number of aryl methyl sites for hydroxylation is 1. The molecule has 112 valence electrons. The summed E-state index contributed by atoms with van der Waals surface area (Å²) in [5, 5.41) is 0. The largest absolute Gasteiger partial charge is 0.398 e. The minimum atomic E-state index is -3.44. The molecule has 5 heteroatoms. The molecule has 0 aliphatic heterocycles. The maximum Gasteiger partial charge on any atom is 0.243 e. The molecule has 0 heterocycles. The fraction of sp³-hybridized carbons (Fsp3) is 0.600. The highest BCUT2D eigenvalue weighted by Crippen LogP contribution is 2.34. The van der Waals surface area contributed by atoms with Crippen LogP contribution in [0.4, 0.5) is 5.69 Å². The number of rotatable bonds is 5. The standard InChI is InChI=1S/C15H24N2O2S/c1-10(2)9-17(13-5-6-13)20(18,19)14-7-11(3)12(4)15(16)8-14/h7-8,10,13H,5-6,9,16H2,1-4H3. The molecule has 0 saturated heterocycles. The zero-order valence-corrected chi connectivity index (χ0v) is 13.5. The Hall–Kier alpha value is -1.07. The second-order valence-electron chi connectivity index (χ2n) is 6.15. The molecule has 1 aliphatic rings. The molecular weight excluding hydrogens is 272 g/mol. The van der Waals surface area contributed by atoms with Gasteiger partial charge in [0.1, 0.15) is 0 Å². The second kappa shape index (κ2) is 5.37. The van der Waals surface area contributed by atoms with Gasteiger partial charge < -0.3 is 5.73 Å². The monoisotopic (exact) mass is 296 g/mol. The van der Waals surface area contributed by atoms with Gasteiger partial charge in [0.25, 0.3) is 0 Å². The van der Waals surface area contributed by atoms with Crippen LogP contribution < -0.4 is 5.73 Å². The highest BCUT2D eigenvalue weighted by Gasteiger charge is 2.38. The Morgan fingerprint density at radius 3 is 2.35 bits per heavy atom. The Kier molecular flexibility index (Phi) is 4.12. The van der Waals surface area contributed by atoms with E-state index in [4.69, 9.17) is 5.73 Å². The van der Waals surface area contributed by atoms with E-state index < -0.39 is 10.0 Å². The van der Waals surface area contributed by atoms with Crippen LogP contribution in [0.15, 0.2) is 17.0 Å². The summed E-state index contributed by atoms with van der Waals surface area (Å²) in [6, 6.07) is 3.50. The number of nitrogen functional groups attached to an aromatic ring is 1. The van der Waals surface area contributed by atoms with Crippen molar-refractivity contribution in [2.45, 2.75) is 51.5 Å². The topological polar surface area (TPSA) is 63.4 Å². The first kappa shape index (κ1) is 15.3. The van der Waals surface area contributed by atoms with Crippen molar-refractivity contribution in [3.05, 3.63) is 23.3 Å². The first-order chi connectivity index (χ1) is 9.23. The third kappa shape index (κ3) is 2.99. The SMILES string of the molecule is Cc1cc(S(=O)(=O)N(CC(C)C)C2CC2)cc(N)c1C. The van der Waals surface area contributed by atoms with Gasteiger partial charge in [-0.3, -0.25) is 0 Å². The first-order valence-corrected chi connectivity index (χ1v) is 8.56. The van der Waals surface area contributed by atoms with E-state index in [1.54, 1.807) is 16.4 Å². The van der Waals surface area contributed by atoms with Gasteiger partial charge in [-0.25, -0.2) is 8.42 Å². The zero-order valence-electron chi connectivity index (χ0n) is 12.7. The van der Waals surface area contributed by atoms with Gasteiger partial charge >= 0.3 is 0 Å². The van der Waals surface area contributed by atoms with Crippen LogP contribution in [0.3, 0.4) is 0 Å². The molecule has 2 N–H and O–H groups in total. The van der Waals surface area contributed by atoms with E-state index in [-0.39, 0.29) is 6.04 Å². The lowest BCUT2D eigenvalue weighted by Gasteiger charge is -2.24. The first-order valence-electron chi connectivity index (χ1n) is 7.12. The van der Waals surface area contributed by atoms with Crippen molar-refractivity contribution in [2.75, 3.05) is 12.3 Å².